The van der Waals surface area contributed by atoms with E-state index in [1.165, 1.54) is 18.9 Å². The molecular formula is C16H20N4O2S. The van der Waals surface area contributed by atoms with Crippen LogP contribution < -0.4 is 4.90 Å². The maximum Gasteiger partial charge on any atom is 0.316 e. The summed E-state index contributed by atoms with van der Waals surface area (Å²) in [5.74, 6) is 0.660. The molecule has 0 saturated carbocycles. The van der Waals surface area contributed by atoms with Crippen LogP contribution >= 0.6 is 11.8 Å². The molecule has 6 nitrogen and oxygen atoms in total. The first-order valence-corrected chi connectivity index (χ1v) is 8.07. The predicted octanol–water partition coefficient (Wildman–Crippen LogP) is 2.46. The van der Waals surface area contributed by atoms with Crippen molar-refractivity contribution < 1.29 is 9.53 Å². The predicted molar refractivity (Wildman–Crippen MR) is 92.7 cm³/mol. The van der Waals surface area contributed by atoms with Gasteiger partial charge in [-0.05, 0) is 24.3 Å². The van der Waals surface area contributed by atoms with Crippen molar-refractivity contribution in [3.05, 3.63) is 36.9 Å². The van der Waals surface area contributed by atoms with Gasteiger partial charge in [-0.15, -0.1) is 16.8 Å². The largest absolute Gasteiger partial charge is 0.468 e. The number of anilines is 1. The smallest absolute Gasteiger partial charge is 0.316 e. The van der Waals surface area contributed by atoms with E-state index in [-0.39, 0.29) is 11.7 Å². The summed E-state index contributed by atoms with van der Waals surface area (Å²) in [5.41, 5.74) is 2.08. The van der Waals surface area contributed by atoms with Crippen molar-refractivity contribution in [2.75, 3.05) is 31.9 Å². The van der Waals surface area contributed by atoms with Crippen molar-refractivity contribution >= 4 is 23.4 Å². The fourth-order valence-corrected chi connectivity index (χ4v) is 2.77. The van der Waals surface area contributed by atoms with E-state index in [1.807, 2.05) is 47.8 Å². The van der Waals surface area contributed by atoms with E-state index in [2.05, 4.69) is 21.5 Å². The van der Waals surface area contributed by atoms with Gasteiger partial charge in [-0.2, -0.15) is 0 Å². The second kappa shape index (κ2) is 7.82. The molecule has 1 heterocycles. The number of carbonyl (C=O) groups excluding carboxylic acids is 1. The van der Waals surface area contributed by atoms with E-state index in [0.29, 0.717) is 11.7 Å². The molecule has 1 aromatic heterocycles. The zero-order chi connectivity index (χ0) is 16.8. The molecule has 0 radical (unpaired) electrons. The monoisotopic (exact) mass is 332 g/mol. The van der Waals surface area contributed by atoms with Crippen LogP contribution in [0.3, 0.4) is 0 Å². The highest BCUT2D eigenvalue weighted by atomic mass is 32.2. The number of hydrogen-bond acceptors (Lipinski definition) is 6. The molecule has 0 bridgehead atoms. The number of benzene rings is 1. The van der Waals surface area contributed by atoms with Gasteiger partial charge in [0, 0.05) is 31.9 Å². The molecule has 0 aliphatic heterocycles. The lowest BCUT2D eigenvalue weighted by Gasteiger charge is -2.13. The third kappa shape index (κ3) is 4.13. The van der Waals surface area contributed by atoms with Gasteiger partial charge in [0.1, 0.15) is 0 Å². The first-order valence-electron chi connectivity index (χ1n) is 7.08. The van der Waals surface area contributed by atoms with E-state index < -0.39 is 0 Å². The van der Waals surface area contributed by atoms with Crippen LogP contribution in [-0.2, 0) is 16.1 Å². The van der Waals surface area contributed by atoms with Gasteiger partial charge in [0.15, 0.2) is 11.0 Å². The van der Waals surface area contributed by atoms with Gasteiger partial charge in [0.2, 0.25) is 0 Å². The van der Waals surface area contributed by atoms with Crippen molar-refractivity contribution in [1.82, 2.24) is 14.8 Å². The number of esters is 1. The fraction of sp³-hybridized carbons (Fsp3) is 0.312. The summed E-state index contributed by atoms with van der Waals surface area (Å²) < 4.78 is 6.59. The molecule has 0 unspecified atom stereocenters. The Hall–Kier alpha value is -2.28. The standard InChI is InChI=1S/C16H20N4O2S/c1-5-10-20-15(12-6-8-13(9-7-12)19(2)3)17-18-16(20)23-11-14(21)22-4/h5-9H,1,10-11H2,2-4H3. The summed E-state index contributed by atoms with van der Waals surface area (Å²) in [6.07, 6.45) is 1.78. The third-order valence-electron chi connectivity index (χ3n) is 3.22. The number of ether oxygens (including phenoxy) is 1. The Morgan fingerprint density at radius 2 is 2.04 bits per heavy atom. The number of nitrogens with zero attached hydrogens (tertiary/aromatic N) is 4. The molecule has 0 N–H and O–H groups in total. The number of rotatable bonds is 7. The van der Waals surface area contributed by atoms with E-state index >= 15 is 0 Å². The Morgan fingerprint density at radius 1 is 1.35 bits per heavy atom. The van der Waals surface area contributed by atoms with Crippen LogP contribution in [0.4, 0.5) is 5.69 Å². The van der Waals surface area contributed by atoms with Crippen LogP contribution in [0.5, 0.6) is 0 Å². The van der Waals surface area contributed by atoms with E-state index in [0.717, 1.165) is 17.1 Å². The molecule has 2 rings (SSSR count). The van der Waals surface area contributed by atoms with Crippen molar-refractivity contribution in [1.29, 1.82) is 0 Å². The minimum atomic E-state index is -0.292. The third-order valence-corrected chi connectivity index (χ3v) is 4.16. The quantitative estimate of drug-likeness (QED) is 0.441. The first-order chi connectivity index (χ1) is 11.1. The van der Waals surface area contributed by atoms with Gasteiger partial charge in [-0.3, -0.25) is 9.36 Å². The van der Waals surface area contributed by atoms with Crippen LogP contribution in [0.2, 0.25) is 0 Å². The molecule has 0 aliphatic rings. The lowest BCUT2D eigenvalue weighted by molar-refractivity contribution is -0.137. The van der Waals surface area contributed by atoms with Crippen molar-refractivity contribution in [2.45, 2.75) is 11.7 Å². The Labute approximate surface area is 140 Å². The van der Waals surface area contributed by atoms with Crippen LogP contribution in [0.1, 0.15) is 0 Å². The lowest BCUT2D eigenvalue weighted by atomic mass is 10.2. The summed E-state index contributed by atoms with van der Waals surface area (Å²) in [5, 5.41) is 9.12. The zero-order valence-corrected chi connectivity index (χ0v) is 14.3. The van der Waals surface area contributed by atoms with Crippen LogP contribution in [-0.4, -0.2) is 47.7 Å². The molecule has 0 amide bonds. The van der Waals surface area contributed by atoms with Gasteiger partial charge in [0.25, 0.3) is 0 Å². The Bertz CT molecular complexity index is 680. The average molecular weight is 332 g/mol. The van der Waals surface area contributed by atoms with E-state index in [9.17, 15) is 4.79 Å². The number of aromatic nitrogens is 3. The highest BCUT2D eigenvalue weighted by Gasteiger charge is 2.15. The highest BCUT2D eigenvalue weighted by molar-refractivity contribution is 7.99. The average Bonchev–Trinajstić information content (AvgIpc) is 2.96. The molecular weight excluding hydrogens is 312 g/mol. The first kappa shape index (κ1) is 17.1. The second-order valence-electron chi connectivity index (χ2n) is 5.01. The minimum absolute atomic E-state index is 0.200. The van der Waals surface area contributed by atoms with E-state index in [4.69, 9.17) is 0 Å². The Morgan fingerprint density at radius 3 is 2.61 bits per heavy atom. The maximum atomic E-state index is 11.3. The van der Waals surface area contributed by atoms with Gasteiger partial charge >= 0.3 is 5.97 Å². The molecule has 0 spiro atoms. The summed E-state index contributed by atoms with van der Waals surface area (Å²) >= 11 is 1.30. The minimum Gasteiger partial charge on any atom is -0.468 e. The van der Waals surface area contributed by atoms with Gasteiger partial charge in [0.05, 0.1) is 12.9 Å². The summed E-state index contributed by atoms with van der Waals surface area (Å²) in [4.78, 5) is 13.3. The molecule has 0 saturated heterocycles. The van der Waals surface area contributed by atoms with Crippen molar-refractivity contribution in [3.8, 4) is 11.4 Å². The van der Waals surface area contributed by atoms with Crippen molar-refractivity contribution in [2.24, 2.45) is 0 Å². The fourth-order valence-electron chi connectivity index (χ4n) is 1.99. The molecule has 7 heteroatoms. The molecule has 0 fully saturated rings. The number of hydrogen-bond donors (Lipinski definition) is 0. The van der Waals surface area contributed by atoms with Gasteiger partial charge < -0.3 is 9.64 Å². The van der Waals surface area contributed by atoms with Crippen LogP contribution in [0.25, 0.3) is 11.4 Å². The molecule has 23 heavy (non-hydrogen) atoms. The van der Waals surface area contributed by atoms with Gasteiger partial charge in [-0.1, -0.05) is 17.8 Å². The molecule has 0 aliphatic carbocycles. The highest BCUT2D eigenvalue weighted by Crippen LogP contribution is 2.25. The van der Waals surface area contributed by atoms with E-state index in [1.54, 1.807) is 6.08 Å². The van der Waals surface area contributed by atoms with Crippen LogP contribution in [0, 0.1) is 0 Å². The number of thioether (sulfide) groups is 1. The Kier molecular flexibility index (Phi) is 5.81. The second-order valence-corrected chi connectivity index (χ2v) is 5.95. The Balaban J connectivity index is 2.29. The zero-order valence-electron chi connectivity index (χ0n) is 13.5. The maximum absolute atomic E-state index is 11.3. The molecule has 2 aromatic rings. The SMILES string of the molecule is C=CCn1c(SCC(=O)OC)nnc1-c1ccc(N(C)C)cc1. The normalized spacial score (nSPS) is 10.4. The number of carbonyl (C=O) groups is 1. The lowest BCUT2D eigenvalue weighted by Crippen LogP contribution is -2.08. The summed E-state index contributed by atoms with van der Waals surface area (Å²) in [6.45, 7) is 4.35. The van der Waals surface area contributed by atoms with Crippen LogP contribution in [0.15, 0.2) is 42.1 Å². The topological polar surface area (TPSA) is 60.3 Å². The van der Waals surface area contributed by atoms with Crippen molar-refractivity contribution in [3.63, 3.8) is 0 Å². The molecule has 122 valence electrons. The molecule has 0 atom stereocenters. The summed E-state index contributed by atoms with van der Waals surface area (Å²) in [7, 11) is 5.36. The summed E-state index contributed by atoms with van der Waals surface area (Å²) in [6, 6.07) is 8.08. The molecule has 1 aromatic carbocycles. The number of allylic oxidation sites excluding steroid dienone is 1. The van der Waals surface area contributed by atoms with Gasteiger partial charge in [-0.25, -0.2) is 0 Å². The number of methoxy groups -OCH3 is 1.